The average molecular weight is 237 g/mol. The lowest BCUT2D eigenvalue weighted by Crippen LogP contribution is -2.37. The number of ether oxygens (including phenoxy) is 3. The van der Waals surface area contributed by atoms with Crippen LogP contribution >= 0.6 is 0 Å². The van der Waals surface area contributed by atoms with Crippen LogP contribution in [0.5, 0.6) is 17.2 Å². The predicted octanol–water partition coefficient (Wildman–Crippen LogP) is 1.83. The minimum atomic E-state index is 0.189. The minimum Gasteiger partial charge on any atom is -0.493 e. The van der Waals surface area contributed by atoms with Gasteiger partial charge in [-0.15, -0.1) is 0 Å². The van der Waals surface area contributed by atoms with E-state index in [0.717, 1.165) is 37.4 Å². The molecule has 1 fully saturated rings. The van der Waals surface area contributed by atoms with E-state index in [2.05, 4.69) is 5.32 Å². The zero-order valence-corrected chi connectivity index (χ0v) is 10.4. The summed E-state index contributed by atoms with van der Waals surface area (Å²) in [5, 5.41) is 3.32. The summed E-state index contributed by atoms with van der Waals surface area (Å²) >= 11 is 0. The minimum absolute atomic E-state index is 0.189. The molecule has 0 amide bonds. The fourth-order valence-electron chi connectivity index (χ4n) is 2.02. The summed E-state index contributed by atoms with van der Waals surface area (Å²) < 4.78 is 16.6. The number of methoxy groups -OCH3 is 2. The Morgan fingerprint density at radius 3 is 2.41 bits per heavy atom. The first-order valence-corrected chi connectivity index (χ1v) is 5.93. The van der Waals surface area contributed by atoms with E-state index in [-0.39, 0.29) is 6.10 Å². The van der Waals surface area contributed by atoms with Crippen LogP contribution in [0.1, 0.15) is 12.8 Å². The number of nitrogens with one attached hydrogen (secondary N) is 1. The molecule has 0 radical (unpaired) electrons. The van der Waals surface area contributed by atoms with Gasteiger partial charge >= 0.3 is 0 Å². The van der Waals surface area contributed by atoms with Crippen molar-refractivity contribution in [3.8, 4) is 17.2 Å². The standard InChI is InChI=1S/C13H19NO3/c1-15-11-6-3-7-12(16-2)13(11)17-10-5-4-8-14-9-10/h3,6-7,10,14H,4-5,8-9H2,1-2H3. The Hall–Kier alpha value is -1.42. The molecule has 0 bridgehead atoms. The molecule has 4 nitrogen and oxygen atoms in total. The third-order valence-corrected chi connectivity index (χ3v) is 2.92. The van der Waals surface area contributed by atoms with E-state index in [4.69, 9.17) is 14.2 Å². The highest BCUT2D eigenvalue weighted by Gasteiger charge is 2.19. The van der Waals surface area contributed by atoms with Gasteiger partial charge in [-0.2, -0.15) is 0 Å². The second-order valence-corrected chi connectivity index (χ2v) is 4.08. The molecule has 1 aliphatic rings. The van der Waals surface area contributed by atoms with Gasteiger partial charge in [0, 0.05) is 6.54 Å². The van der Waals surface area contributed by atoms with Crippen molar-refractivity contribution in [1.29, 1.82) is 0 Å². The summed E-state index contributed by atoms with van der Waals surface area (Å²) in [4.78, 5) is 0. The molecule has 1 N–H and O–H groups in total. The predicted molar refractivity (Wildman–Crippen MR) is 66.1 cm³/mol. The number of piperidine rings is 1. The van der Waals surface area contributed by atoms with Crippen LogP contribution in [0, 0.1) is 0 Å². The topological polar surface area (TPSA) is 39.7 Å². The van der Waals surface area contributed by atoms with Crippen LogP contribution in [0.25, 0.3) is 0 Å². The molecule has 1 aliphatic heterocycles. The summed E-state index contributed by atoms with van der Waals surface area (Å²) in [6.07, 6.45) is 2.39. The Kier molecular flexibility index (Phi) is 4.09. The van der Waals surface area contributed by atoms with Gasteiger partial charge in [-0.25, -0.2) is 0 Å². The molecule has 1 aromatic carbocycles. The van der Waals surface area contributed by atoms with Crippen LogP contribution in [0.15, 0.2) is 18.2 Å². The Bertz CT molecular complexity index is 339. The van der Waals surface area contributed by atoms with Crippen LogP contribution in [0.3, 0.4) is 0 Å². The summed E-state index contributed by atoms with van der Waals surface area (Å²) in [5.74, 6) is 2.14. The molecule has 1 saturated heterocycles. The Morgan fingerprint density at radius 1 is 1.18 bits per heavy atom. The van der Waals surface area contributed by atoms with Crippen LogP contribution in [0.4, 0.5) is 0 Å². The van der Waals surface area contributed by atoms with E-state index in [1.54, 1.807) is 14.2 Å². The molecule has 0 aliphatic carbocycles. The third kappa shape index (κ3) is 2.82. The maximum absolute atomic E-state index is 5.99. The molecule has 0 aromatic heterocycles. The fraction of sp³-hybridized carbons (Fsp3) is 0.538. The van der Waals surface area contributed by atoms with Crippen LogP contribution in [-0.4, -0.2) is 33.4 Å². The highest BCUT2D eigenvalue weighted by molar-refractivity contribution is 5.51. The van der Waals surface area contributed by atoms with Crippen molar-refractivity contribution < 1.29 is 14.2 Å². The Balaban J connectivity index is 2.16. The summed E-state index contributed by atoms with van der Waals surface area (Å²) in [7, 11) is 3.28. The molecule has 2 rings (SSSR count). The monoisotopic (exact) mass is 237 g/mol. The fourth-order valence-corrected chi connectivity index (χ4v) is 2.02. The SMILES string of the molecule is COc1cccc(OC)c1OC1CCCNC1. The second kappa shape index (κ2) is 5.77. The van der Waals surface area contributed by atoms with Gasteiger partial charge in [0.2, 0.25) is 5.75 Å². The normalized spacial score (nSPS) is 19.8. The van der Waals surface area contributed by atoms with E-state index in [1.165, 1.54) is 0 Å². The molecule has 17 heavy (non-hydrogen) atoms. The lowest BCUT2D eigenvalue weighted by molar-refractivity contribution is 0.155. The van der Waals surface area contributed by atoms with Gasteiger partial charge in [0.15, 0.2) is 11.5 Å². The van der Waals surface area contributed by atoms with Crippen LogP contribution in [0.2, 0.25) is 0 Å². The summed E-state index contributed by atoms with van der Waals surface area (Å²) in [6, 6.07) is 5.66. The molecule has 4 heteroatoms. The van der Waals surface area contributed by atoms with E-state index < -0.39 is 0 Å². The van der Waals surface area contributed by atoms with Crippen molar-refractivity contribution in [3.63, 3.8) is 0 Å². The Morgan fingerprint density at radius 2 is 1.88 bits per heavy atom. The van der Waals surface area contributed by atoms with E-state index in [1.807, 2.05) is 18.2 Å². The van der Waals surface area contributed by atoms with Gasteiger partial charge in [-0.1, -0.05) is 6.07 Å². The summed E-state index contributed by atoms with van der Waals surface area (Å²) in [6.45, 7) is 1.95. The molecule has 1 atom stereocenters. The lowest BCUT2D eigenvalue weighted by Gasteiger charge is -2.25. The van der Waals surface area contributed by atoms with Crippen LogP contribution in [-0.2, 0) is 0 Å². The van der Waals surface area contributed by atoms with Crippen molar-refractivity contribution in [1.82, 2.24) is 5.32 Å². The number of hydrogen-bond acceptors (Lipinski definition) is 4. The maximum Gasteiger partial charge on any atom is 0.203 e. The first-order chi connectivity index (χ1) is 8.35. The van der Waals surface area contributed by atoms with Gasteiger partial charge in [0.1, 0.15) is 6.10 Å². The highest BCUT2D eigenvalue weighted by atomic mass is 16.5. The second-order valence-electron chi connectivity index (χ2n) is 4.08. The van der Waals surface area contributed by atoms with E-state index >= 15 is 0 Å². The van der Waals surface area contributed by atoms with Crippen molar-refractivity contribution in [2.75, 3.05) is 27.3 Å². The van der Waals surface area contributed by atoms with Gasteiger partial charge in [0.05, 0.1) is 14.2 Å². The average Bonchev–Trinajstić information content (AvgIpc) is 2.40. The van der Waals surface area contributed by atoms with Crippen molar-refractivity contribution in [2.45, 2.75) is 18.9 Å². The third-order valence-electron chi connectivity index (χ3n) is 2.92. The van der Waals surface area contributed by atoms with Gasteiger partial charge in [-0.3, -0.25) is 0 Å². The highest BCUT2D eigenvalue weighted by Crippen LogP contribution is 2.37. The smallest absolute Gasteiger partial charge is 0.203 e. The molecule has 94 valence electrons. The van der Waals surface area contributed by atoms with Crippen molar-refractivity contribution in [3.05, 3.63) is 18.2 Å². The van der Waals surface area contributed by atoms with E-state index in [0.29, 0.717) is 5.75 Å². The number of benzene rings is 1. The van der Waals surface area contributed by atoms with Gasteiger partial charge in [-0.05, 0) is 31.5 Å². The number of rotatable bonds is 4. The number of hydrogen-bond donors (Lipinski definition) is 1. The van der Waals surface area contributed by atoms with Crippen molar-refractivity contribution >= 4 is 0 Å². The molecule has 1 unspecified atom stereocenters. The van der Waals surface area contributed by atoms with Gasteiger partial charge in [0.25, 0.3) is 0 Å². The molecule has 0 saturated carbocycles. The number of para-hydroxylation sites is 1. The largest absolute Gasteiger partial charge is 0.493 e. The van der Waals surface area contributed by atoms with E-state index in [9.17, 15) is 0 Å². The molecule has 1 aromatic rings. The zero-order valence-electron chi connectivity index (χ0n) is 10.4. The first-order valence-electron chi connectivity index (χ1n) is 5.93. The molecule has 1 heterocycles. The van der Waals surface area contributed by atoms with Crippen LogP contribution < -0.4 is 19.5 Å². The molecule has 0 spiro atoms. The zero-order chi connectivity index (χ0) is 12.1. The van der Waals surface area contributed by atoms with Crippen molar-refractivity contribution in [2.24, 2.45) is 0 Å². The Labute approximate surface area is 102 Å². The maximum atomic E-state index is 5.99. The quantitative estimate of drug-likeness (QED) is 0.867. The van der Waals surface area contributed by atoms with Gasteiger partial charge < -0.3 is 19.5 Å². The lowest BCUT2D eigenvalue weighted by atomic mass is 10.1. The molecular weight excluding hydrogens is 218 g/mol. The summed E-state index contributed by atoms with van der Waals surface area (Å²) in [5.41, 5.74) is 0. The first kappa shape index (κ1) is 12.0. The molecular formula is C13H19NO3.